The molecular formula is C23H28O6. The highest BCUT2D eigenvalue weighted by Gasteiger charge is 2.47. The molecule has 1 saturated heterocycles. The summed E-state index contributed by atoms with van der Waals surface area (Å²) in [6.45, 7) is 4.15. The van der Waals surface area contributed by atoms with Crippen LogP contribution in [0.25, 0.3) is 0 Å². The maximum atomic E-state index is 10.8. The number of benzene rings is 2. The lowest BCUT2D eigenvalue weighted by Crippen LogP contribution is -2.60. The van der Waals surface area contributed by atoms with Gasteiger partial charge in [0.15, 0.2) is 6.29 Å². The minimum Gasteiger partial charge on any atom is -0.394 e. The van der Waals surface area contributed by atoms with Crippen LogP contribution >= 0.6 is 0 Å². The second-order valence-corrected chi connectivity index (χ2v) is 6.86. The van der Waals surface area contributed by atoms with Crippen molar-refractivity contribution in [2.24, 2.45) is 0 Å². The molecule has 0 unspecified atom stereocenters. The van der Waals surface area contributed by atoms with E-state index in [1.165, 1.54) is 0 Å². The second kappa shape index (κ2) is 11.2. The number of aliphatic hydroxyl groups excluding tert-OH is 2. The predicted molar refractivity (Wildman–Crippen MR) is 108 cm³/mol. The standard InChI is InChI=1S/C23H28O6/c1-2-13-26-23-22(28-16-18-11-7-4-8-12-18)21(20(25)19(14-24)29-23)27-15-17-9-5-3-6-10-17/h2-12,19-25H,1,13-16H2/t19-,20-,21+,22-,23+/m1/s1. The van der Waals surface area contributed by atoms with Crippen LogP contribution < -0.4 is 0 Å². The Morgan fingerprint density at radius 1 is 0.862 bits per heavy atom. The fraction of sp³-hybridized carbons (Fsp3) is 0.391. The quantitative estimate of drug-likeness (QED) is 0.597. The van der Waals surface area contributed by atoms with Gasteiger partial charge in [0.25, 0.3) is 0 Å². The molecule has 1 fully saturated rings. The highest BCUT2D eigenvalue weighted by molar-refractivity contribution is 5.14. The van der Waals surface area contributed by atoms with Crippen molar-refractivity contribution >= 4 is 0 Å². The van der Waals surface area contributed by atoms with E-state index in [9.17, 15) is 10.2 Å². The van der Waals surface area contributed by atoms with Crippen LogP contribution in [-0.4, -0.2) is 54.1 Å². The van der Waals surface area contributed by atoms with Crippen molar-refractivity contribution in [1.29, 1.82) is 0 Å². The van der Waals surface area contributed by atoms with E-state index in [1.54, 1.807) is 6.08 Å². The van der Waals surface area contributed by atoms with Gasteiger partial charge >= 0.3 is 0 Å². The molecule has 5 atom stereocenters. The number of rotatable bonds is 10. The Balaban J connectivity index is 1.77. The monoisotopic (exact) mass is 400 g/mol. The Morgan fingerprint density at radius 3 is 1.93 bits per heavy atom. The van der Waals surface area contributed by atoms with Crippen LogP contribution in [0.4, 0.5) is 0 Å². The first-order chi connectivity index (χ1) is 14.2. The molecule has 0 aromatic heterocycles. The summed E-state index contributed by atoms with van der Waals surface area (Å²) in [6.07, 6.45) is -2.51. The molecule has 1 aliphatic heterocycles. The zero-order valence-electron chi connectivity index (χ0n) is 16.3. The molecule has 0 spiro atoms. The van der Waals surface area contributed by atoms with Gasteiger partial charge in [-0.3, -0.25) is 0 Å². The minimum absolute atomic E-state index is 0.246. The number of aliphatic hydroxyl groups is 2. The molecule has 2 N–H and O–H groups in total. The molecule has 0 saturated carbocycles. The van der Waals surface area contributed by atoms with Crippen molar-refractivity contribution in [3.05, 3.63) is 84.4 Å². The summed E-state index contributed by atoms with van der Waals surface area (Å²) in [4.78, 5) is 0. The molecule has 2 aromatic rings. The van der Waals surface area contributed by atoms with Gasteiger partial charge < -0.3 is 29.2 Å². The summed E-state index contributed by atoms with van der Waals surface area (Å²) in [6, 6.07) is 19.4. The van der Waals surface area contributed by atoms with Crippen LogP contribution in [0.2, 0.25) is 0 Å². The van der Waals surface area contributed by atoms with Gasteiger partial charge in [-0.1, -0.05) is 66.7 Å². The first-order valence-corrected chi connectivity index (χ1v) is 9.71. The summed E-state index contributed by atoms with van der Waals surface area (Å²) < 4.78 is 23.6. The van der Waals surface area contributed by atoms with Crippen molar-refractivity contribution in [1.82, 2.24) is 0 Å². The predicted octanol–water partition coefficient (Wildman–Crippen LogP) is 2.44. The SMILES string of the molecule is C=CCO[C@H]1O[C@H](CO)[C@@H](O)[C@H](OCc2ccccc2)[C@H]1OCc1ccccc1. The summed E-state index contributed by atoms with van der Waals surface area (Å²) >= 11 is 0. The van der Waals surface area contributed by atoms with Gasteiger partial charge in [-0.15, -0.1) is 6.58 Å². The number of hydrogen-bond acceptors (Lipinski definition) is 6. The molecule has 0 aliphatic carbocycles. The molecule has 0 bridgehead atoms. The van der Waals surface area contributed by atoms with E-state index in [0.29, 0.717) is 13.2 Å². The molecule has 2 aromatic carbocycles. The van der Waals surface area contributed by atoms with Gasteiger partial charge in [-0.25, -0.2) is 0 Å². The van der Waals surface area contributed by atoms with Crippen LogP contribution in [-0.2, 0) is 32.2 Å². The lowest BCUT2D eigenvalue weighted by molar-refractivity contribution is -0.317. The summed E-state index contributed by atoms with van der Waals surface area (Å²) in [7, 11) is 0. The third-order valence-electron chi connectivity index (χ3n) is 4.75. The van der Waals surface area contributed by atoms with Gasteiger partial charge in [0, 0.05) is 0 Å². The molecule has 3 rings (SSSR count). The Hall–Kier alpha value is -2.06. The lowest BCUT2D eigenvalue weighted by Gasteiger charge is -2.43. The lowest BCUT2D eigenvalue weighted by atomic mass is 9.98. The summed E-state index contributed by atoms with van der Waals surface area (Å²) in [5, 5.41) is 20.4. The van der Waals surface area contributed by atoms with E-state index in [1.807, 2.05) is 60.7 Å². The Morgan fingerprint density at radius 2 is 1.41 bits per heavy atom. The largest absolute Gasteiger partial charge is 0.394 e. The van der Waals surface area contributed by atoms with Crippen LogP contribution in [0.3, 0.4) is 0 Å². The molecule has 6 nitrogen and oxygen atoms in total. The molecule has 0 amide bonds. The van der Waals surface area contributed by atoms with Gasteiger partial charge in [0.2, 0.25) is 0 Å². The van der Waals surface area contributed by atoms with Crippen LogP contribution in [0, 0.1) is 0 Å². The van der Waals surface area contributed by atoms with E-state index in [-0.39, 0.29) is 13.2 Å². The normalized spacial score (nSPS) is 26.9. The maximum Gasteiger partial charge on any atom is 0.187 e. The zero-order valence-corrected chi connectivity index (χ0v) is 16.3. The van der Waals surface area contributed by atoms with Gasteiger partial charge in [0.1, 0.15) is 24.4 Å². The Kier molecular flexibility index (Phi) is 8.37. The van der Waals surface area contributed by atoms with E-state index in [2.05, 4.69) is 6.58 Å². The van der Waals surface area contributed by atoms with E-state index in [4.69, 9.17) is 18.9 Å². The third kappa shape index (κ3) is 5.96. The average molecular weight is 400 g/mol. The van der Waals surface area contributed by atoms with Crippen molar-refractivity contribution < 1.29 is 29.2 Å². The van der Waals surface area contributed by atoms with Gasteiger partial charge in [0.05, 0.1) is 26.4 Å². The summed E-state index contributed by atoms with van der Waals surface area (Å²) in [5.41, 5.74) is 1.95. The molecule has 156 valence electrons. The first-order valence-electron chi connectivity index (χ1n) is 9.71. The van der Waals surface area contributed by atoms with E-state index >= 15 is 0 Å². The molecule has 1 aliphatic rings. The van der Waals surface area contributed by atoms with Crippen LogP contribution in [0.1, 0.15) is 11.1 Å². The number of ether oxygens (including phenoxy) is 4. The van der Waals surface area contributed by atoms with Crippen LogP contribution in [0.5, 0.6) is 0 Å². The zero-order chi connectivity index (χ0) is 20.5. The van der Waals surface area contributed by atoms with E-state index < -0.39 is 30.7 Å². The van der Waals surface area contributed by atoms with Crippen molar-refractivity contribution in [2.45, 2.75) is 43.9 Å². The Bertz CT molecular complexity index is 723. The van der Waals surface area contributed by atoms with Crippen molar-refractivity contribution in [3.63, 3.8) is 0 Å². The minimum atomic E-state index is -1.06. The first kappa shape index (κ1) is 21.6. The molecule has 1 heterocycles. The Labute approximate surface area is 171 Å². The van der Waals surface area contributed by atoms with Crippen molar-refractivity contribution in [3.8, 4) is 0 Å². The molecule has 6 heteroatoms. The maximum absolute atomic E-state index is 10.8. The fourth-order valence-electron chi connectivity index (χ4n) is 3.24. The van der Waals surface area contributed by atoms with Crippen LogP contribution in [0.15, 0.2) is 73.3 Å². The average Bonchev–Trinajstić information content (AvgIpc) is 2.77. The highest BCUT2D eigenvalue weighted by Crippen LogP contribution is 2.28. The highest BCUT2D eigenvalue weighted by atomic mass is 16.7. The molecule has 0 radical (unpaired) electrons. The molecular weight excluding hydrogens is 372 g/mol. The second-order valence-electron chi connectivity index (χ2n) is 6.86. The van der Waals surface area contributed by atoms with E-state index in [0.717, 1.165) is 11.1 Å². The van der Waals surface area contributed by atoms with Crippen molar-refractivity contribution in [2.75, 3.05) is 13.2 Å². The summed E-state index contributed by atoms with van der Waals surface area (Å²) in [5.74, 6) is 0. The smallest absolute Gasteiger partial charge is 0.187 e. The topological polar surface area (TPSA) is 77.4 Å². The third-order valence-corrected chi connectivity index (χ3v) is 4.75. The number of hydrogen-bond donors (Lipinski definition) is 2. The van der Waals surface area contributed by atoms with Gasteiger partial charge in [-0.2, -0.15) is 0 Å². The van der Waals surface area contributed by atoms with Gasteiger partial charge in [-0.05, 0) is 11.1 Å². The molecule has 29 heavy (non-hydrogen) atoms. The fourth-order valence-corrected chi connectivity index (χ4v) is 3.24.